The number of nitrogens with zero attached hydrogens (tertiary/aromatic N) is 2. The Kier molecular flexibility index (Phi) is 4.61. The maximum atomic E-state index is 12.2. The predicted octanol–water partition coefficient (Wildman–Crippen LogP) is 4.40. The van der Waals surface area contributed by atoms with E-state index < -0.39 is 0 Å². The van der Waals surface area contributed by atoms with Gasteiger partial charge in [-0.15, -0.1) is 0 Å². The summed E-state index contributed by atoms with van der Waals surface area (Å²) in [6.07, 6.45) is 6.18. The molecule has 4 rings (SSSR count). The first kappa shape index (κ1) is 18.5. The van der Waals surface area contributed by atoms with Gasteiger partial charge in [0.05, 0.1) is 11.2 Å². The minimum absolute atomic E-state index is 0.00241. The number of allylic oxidation sites excluding steroid dienone is 1. The summed E-state index contributed by atoms with van der Waals surface area (Å²) in [4.78, 5) is 17.1. The predicted molar refractivity (Wildman–Crippen MR) is 115 cm³/mol. The van der Waals surface area contributed by atoms with Crippen LogP contribution in [0, 0.1) is 0 Å². The fourth-order valence-corrected chi connectivity index (χ4v) is 3.85. The lowest BCUT2D eigenvalue weighted by atomic mass is 9.97. The number of carbonyl (C=O) groups excluding carboxylic acids is 1. The lowest BCUT2D eigenvalue weighted by Gasteiger charge is -2.17. The number of aliphatic imine (C=N–C) groups is 1. The molecule has 146 valence electrons. The highest BCUT2D eigenvalue weighted by molar-refractivity contribution is 6.08. The molecule has 0 atom stereocenters. The van der Waals surface area contributed by atoms with Crippen LogP contribution in [0.2, 0.25) is 0 Å². The Morgan fingerprint density at radius 2 is 2.07 bits per heavy atom. The number of nitrogens with one attached hydrogen (secondary N) is 2. The molecule has 1 aromatic carbocycles. The fraction of sp³-hybridized carbons (Fsp3) is 0.391. The molecule has 1 amide bonds. The van der Waals surface area contributed by atoms with Crippen LogP contribution < -0.4 is 10.6 Å². The topological polar surface area (TPSA) is 58.4 Å². The van der Waals surface area contributed by atoms with Crippen LogP contribution in [0.1, 0.15) is 50.2 Å². The van der Waals surface area contributed by atoms with Gasteiger partial charge >= 0.3 is 0 Å². The van der Waals surface area contributed by atoms with Crippen LogP contribution in [0.25, 0.3) is 11.1 Å². The van der Waals surface area contributed by atoms with Crippen molar-refractivity contribution in [2.45, 2.75) is 52.6 Å². The molecular weight excluding hydrogens is 348 g/mol. The van der Waals surface area contributed by atoms with E-state index in [1.807, 2.05) is 10.6 Å². The maximum absolute atomic E-state index is 12.2. The highest BCUT2D eigenvalue weighted by Gasteiger charge is 2.22. The third kappa shape index (κ3) is 3.61. The van der Waals surface area contributed by atoms with Gasteiger partial charge in [-0.3, -0.25) is 9.79 Å². The molecular formula is C23H28N4O. The van der Waals surface area contributed by atoms with E-state index in [9.17, 15) is 4.79 Å². The van der Waals surface area contributed by atoms with Gasteiger partial charge in [0.1, 0.15) is 11.5 Å². The number of rotatable bonds is 2. The van der Waals surface area contributed by atoms with Crippen LogP contribution >= 0.6 is 0 Å². The van der Waals surface area contributed by atoms with Crippen LogP contribution in [0.3, 0.4) is 0 Å². The Balaban J connectivity index is 1.82. The molecule has 0 fully saturated rings. The number of para-hydroxylation sites is 1. The normalized spacial score (nSPS) is 17.9. The number of aromatic nitrogens is 1. The van der Waals surface area contributed by atoms with Crippen molar-refractivity contribution in [1.29, 1.82) is 0 Å². The molecule has 0 saturated carbocycles. The van der Waals surface area contributed by atoms with Crippen LogP contribution in [-0.4, -0.2) is 28.4 Å². The summed E-state index contributed by atoms with van der Waals surface area (Å²) in [7, 11) is 0. The largest absolute Gasteiger partial charge is 0.349 e. The number of fused-ring (bicyclic) bond motifs is 2. The molecule has 2 aromatic rings. The zero-order valence-electron chi connectivity index (χ0n) is 17.1. The van der Waals surface area contributed by atoms with Gasteiger partial charge in [0.15, 0.2) is 0 Å². The van der Waals surface area contributed by atoms with E-state index in [1.54, 1.807) is 0 Å². The molecule has 0 radical (unpaired) electrons. The Morgan fingerprint density at radius 3 is 2.79 bits per heavy atom. The molecule has 5 heteroatoms. The van der Waals surface area contributed by atoms with Crippen molar-refractivity contribution in [2.24, 2.45) is 4.99 Å². The summed E-state index contributed by atoms with van der Waals surface area (Å²) >= 11 is 0. The van der Waals surface area contributed by atoms with Crippen molar-refractivity contribution in [3.63, 3.8) is 0 Å². The van der Waals surface area contributed by atoms with Gasteiger partial charge in [0, 0.05) is 30.4 Å². The SMILES string of the molecule is CCC1=CC(=NC(C)(C)C)Nc2c(cccc2-c2cc3n(c2)CCNC3=O)C1. The summed E-state index contributed by atoms with van der Waals surface area (Å²) in [6.45, 7) is 10.0. The summed E-state index contributed by atoms with van der Waals surface area (Å²) in [5.41, 5.74) is 6.45. The first-order valence-electron chi connectivity index (χ1n) is 10.0. The van der Waals surface area contributed by atoms with E-state index in [-0.39, 0.29) is 11.4 Å². The molecule has 0 saturated heterocycles. The summed E-state index contributed by atoms with van der Waals surface area (Å²) in [5.74, 6) is 0.898. The smallest absolute Gasteiger partial charge is 0.267 e. The third-order valence-electron chi connectivity index (χ3n) is 5.15. The standard InChI is InChI=1S/C23H28N4O/c1-5-15-11-16-7-6-8-18(21(16)25-20(12-15)26-23(2,3)4)17-13-19-22(28)24-9-10-27(19)14-17/h6-8,12-14H,5,9-11H2,1-4H3,(H,24,28)(H,25,26). The van der Waals surface area contributed by atoms with Gasteiger partial charge in [0.25, 0.3) is 5.91 Å². The molecule has 2 aliphatic heterocycles. The van der Waals surface area contributed by atoms with Crippen LogP contribution in [0.15, 0.2) is 47.1 Å². The number of hydrogen-bond acceptors (Lipinski definition) is 2. The van der Waals surface area contributed by atoms with E-state index >= 15 is 0 Å². The quantitative estimate of drug-likeness (QED) is 0.816. The molecule has 5 nitrogen and oxygen atoms in total. The van der Waals surface area contributed by atoms with Crippen molar-refractivity contribution in [3.05, 3.63) is 53.4 Å². The molecule has 2 aliphatic rings. The minimum Gasteiger partial charge on any atom is -0.349 e. The van der Waals surface area contributed by atoms with Crippen molar-refractivity contribution < 1.29 is 4.79 Å². The van der Waals surface area contributed by atoms with Crippen molar-refractivity contribution in [3.8, 4) is 11.1 Å². The molecule has 3 heterocycles. The number of anilines is 1. The van der Waals surface area contributed by atoms with Gasteiger partial charge in [-0.1, -0.05) is 30.7 Å². The molecule has 28 heavy (non-hydrogen) atoms. The van der Waals surface area contributed by atoms with Gasteiger partial charge in [0.2, 0.25) is 0 Å². The number of amides is 1. The van der Waals surface area contributed by atoms with Gasteiger partial charge in [-0.05, 0) is 51.3 Å². The first-order valence-corrected chi connectivity index (χ1v) is 10.0. The van der Waals surface area contributed by atoms with Crippen molar-refractivity contribution in [1.82, 2.24) is 9.88 Å². The highest BCUT2D eigenvalue weighted by Crippen LogP contribution is 2.36. The Morgan fingerprint density at radius 1 is 1.25 bits per heavy atom. The van der Waals surface area contributed by atoms with Crippen LogP contribution in [0.5, 0.6) is 0 Å². The molecule has 0 unspecified atom stereocenters. The Bertz CT molecular complexity index is 989. The average molecular weight is 377 g/mol. The minimum atomic E-state index is -0.162. The highest BCUT2D eigenvalue weighted by atomic mass is 16.2. The van der Waals surface area contributed by atoms with Gasteiger partial charge < -0.3 is 15.2 Å². The van der Waals surface area contributed by atoms with Gasteiger partial charge in [-0.25, -0.2) is 0 Å². The lowest BCUT2D eigenvalue weighted by molar-refractivity contribution is 0.0928. The molecule has 0 spiro atoms. The summed E-state index contributed by atoms with van der Waals surface area (Å²) < 4.78 is 2.05. The number of amidine groups is 1. The van der Waals surface area contributed by atoms with E-state index in [2.05, 4.69) is 68.8 Å². The second-order valence-electron chi connectivity index (χ2n) is 8.53. The number of benzene rings is 1. The van der Waals surface area contributed by atoms with Gasteiger partial charge in [-0.2, -0.15) is 0 Å². The van der Waals surface area contributed by atoms with E-state index in [4.69, 9.17) is 4.99 Å². The molecule has 2 N–H and O–H groups in total. The zero-order chi connectivity index (χ0) is 19.9. The number of carbonyl (C=O) groups is 1. The first-order chi connectivity index (χ1) is 13.3. The van der Waals surface area contributed by atoms with Crippen molar-refractivity contribution >= 4 is 17.4 Å². The zero-order valence-corrected chi connectivity index (χ0v) is 17.1. The Labute approximate surface area is 166 Å². The number of hydrogen-bond donors (Lipinski definition) is 2. The second kappa shape index (κ2) is 6.97. The summed E-state index contributed by atoms with van der Waals surface area (Å²) in [5, 5.41) is 6.52. The lowest BCUT2D eigenvalue weighted by Crippen LogP contribution is -2.34. The molecule has 0 aliphatic carbocycles. The van der Waals surface area contributed by atoms with Crippen LogP contribution in [-0.2, 0) is 13.0 Å². The third-order valence-corrected chi connectivity index (χ3v) is 5.15. The van der Waals surface area contributed by atoms with Crippen molar-refractivity contribution in [2.75, 3.05) is 11.9 Å². The Hall–Kier alpha value is -2.82. The second-order valence-corrected chi connectivity index (χ2v) is 8.53. The van der Waals surface area contributed by atoms with E-state index in [0.29, 0.717) is 6.54 Å². The fourth-order valence-electron chi connectivity index (χ4n) is 3.85. The molecule has 0 bridgehead atoms. The van der Waals surface area contributed by atoms with E-state index in [0.717, 1.165) is 47.7 Å². The van der Waals surface area contributed by atoms with Crippen LogP contribution in [0.4, 0.5) is 5.69 Å². The monoisotopic (exact) mass is 376 g/mol. The summed E-state index contributed by atoms with van der Waals surface area (Å²) in [6, 6.07) is 8.39. The molecule has 1 aromatic heterocycles. The maximum Gasteiger partial charge on any atom is 0.267 e. The average Bonchev–Trinajstić information content (AvgIpc) is 2.98. The van der Waals surface area contributed by atoms with E-state index in [1.165, 1.54) is 11.1 Å².